The van der Waals surface area contributed by atoms with Gasteiger partial charge in [0.25, 0.3) is 5.56 Å². The number of amides is 3. The smallest absolute Gasteiger partial charge is 0.281 e. The number of rotatable bonds is 16. The van der Waals surface area contributed by atoms with Gasteiger partial charge in [0.1, 0.15) is 5.52 Å². The number of aliphatic hydroxyl groups is 1. The number of carbonyl (C=O) groups excluding carboxylic acids is 3. The molecule has 3 amide bonds. The fourth-order valence-corrected chi connectivity index (χ4v) is 6.46. The van der Waals surface area contributed by atoms with Crippen LogP contribution in [0.4, 0.5) is 0 Å². The maximum Gasteiger partial charge on any atom is 0.281 e. The molecule has 1 fully saturated rings. The van der Waals surface area contributed by atoms with Crippen molar-refractivity contribution in [1.29, 1.82) is 0 Å². The van der Waals surface area contributed by atoms with E-state index in [0.29, 0.717) is 63.1 Å². The number of hydrogen-bond acceptors (Lipinski definition) is 8. The number of nitrogens with zero attached hydrogens (tertiary/aromatic N) is 5. The van der Waals surface area contributed by atoms with E-state index in [1.165, 1.54) is 10.9 Å². The molecular weight excluding hydrogens is 636 g/mol. The Bertz CT molecular complexity index is 1830. The number of piperidine rings is 1. The molecule has 0 aliphatic carbocycles. The number of aromatic nitrogens is 4. The quantitative estimate of drug-likeness (QED) is 0.130. The number of fused-ring (bicyclic) bond motifs is 1. The van der Waals surface area contributed by atoms with Gasteiger partial charge in [0.2, 0.25) is 17.7 Å². The van der Waals surface area contributed by atoms with Crippen molar-refractivity contribution in [2.24, 2.45) is 12.8 Å². The van der Waals surface area contributed by atoms with Crippen molar-refractivity contribution in [2.75, 3.05) is 26.2 Å². The third-order valence-corrected chi connectivity index (χ3v) is 9.44. The molecule has 266 valence electrons. The number of unbranched alkanes of at least 4 members (excludes halogenated alkanes) is 2. The maximum atomic E-state index is 13.5. The van der Waals surface area contributed by atoms with Crippen molar-refractivity contribution in [3.05, 3.63) is 82.4 Å². The Kier molecular flexibility index (Phi) is 12.1. The van der Waals surface area contributed by atoms with E-state index in [1.807, 2.05) is 66.4 Å². The van der Waals surface area contributed by atoms with Crippen molar-refractivity contribution in [3.8, 4) is 11.3 Å². The predicted molar refractivity (Wildman–Crippen MR) is 191 cm³/mol. The van der Waals surface area contributed by atoms with E-state index in [9.17, 15) is 24.3 Å². The highest BCUT2D eigenvalue weighted by Gasteiger charge is 2.35. The highest BCUT2D eigenvalue weighted by molar-refractivity contribution is 5.89. The summed E-state index contributed by atoms with van der Waals surface area (Å²) in [6.07, 6.45) is 5.34. The van der Waals surface area contributed by atoms with Gasteiger partial charge in [0.05, 0.1) is 30.7 Å². The molecule has 13 nitrogen and oxygen atoms in total. The summed E-state index contributed by atoms with van der Waals surface area (Å²) in [5, 5.41) is 21.9. The molecule has 2 aromatic heterocycles. The summed E-state index contributed by atoms with van der Waals surface area (Å²) in [5.41, 5.74) is 8.03. The van der Waals surface area contributed by atoms with Gasteiger partial charge < -0.3 is 26.4 Å². The lowest BCUT2D eigenvalue weighted by Gasteiger charge is -2.38. The Labute approximate surface area is 291 Å². The molecule has 2 aromatic carbocycles. The molecule has 1 aliphatic heterocycles. The monoisotopic (exact) mass is 684 g/mol. The van der Waals surface area contributed by atoms with Crippen LogP contribution in [-0.2, 0) is 34.5 Å². The number of benzene rings is 2. The number of nitrogens with two attached hydrogens (primary N) is 1. The normalized spacial score (nSPS) is 14.8. The number of carbonyl (C=O) groups is 3. The average Bonchev–Trinajstić information content (AvgIpc) is 3.44. The molecule has 4 aromatic rings. The van der Waals surface area contributed by atoms with Gasteiger partial charge in [-0.15, -0.1) is 0 Å². The third-order valence-electron chi connectivity index (χ3n) is 9.44. The number of aryl methyl sites for hydroxylation is 1. The first-order chi connectivity index (χ1) is 24.0. The molecule has 13 heteroatoms. The summed E-state index contributed by atoms with van der Waals surface area (Å²) < 4.78 is 3.06. The van der Waals surface area contributed by atoms with Crippen molar-refractivity contribution < 1.29 is 19.5 Å². The largest absolute Gasteiger partial charge is 0.388 e. The van der Waals surface area contributed by atoms with Crippen LogP contribution in [0.25, 0.3) is 22.3 Å². The van der Waals surface area contributed by atoms with Gasteiger partial charge in [-0.25, -0.2) is 4.98 Å². The summed E-state index contributed by atoms with van der Waals surface area (Å²) in [5.74, 6) is -0.222. The first-order valence-corrected chi connectivity index (χ1v) is 17.4. The SMILES string of the molecule is CC(CC(=O)N1CCC(O)(Cn2cnc3c(-c4ccc(CNCC(=O)NCCCCCC(N)=O)cc4)n(C)nc3c2=O)CC1)c1ccccc1. The summed E-state index contributed by atoms with van der Waals surface area (Å²) >= 11 is 0. The van der Waals surface area contributed by atoms with E-state index in [0.717, 1.165) is 36.0 Å². The standard InChI is InChI=1S/C37H48N8O5/c1-26(28-9-5-3-6-10-28)21-32(48)44-19-16-37(50,17-20-44)24-45-25-41-33-34(36(45)49)42-43(2)35(33)29-14-12-27(13-15-29)22-39-23-31(47)40-18-8-4-7-11-30(38)46/h3,5-6,9-10,12-15,25-26,39,50H,4,7-8,11,16-24H2,1-2H3,(H2,38,46)(H,40,47). The second kappa shape index (κ2) is 16.7. The lowest BCUT2D eigenvalue weighted by atomic mass is 9.90. The second-order valence-electron chi connectivity index (χ2n) is 13.4. The van der Waals surface area contributed by atoms with Gasteiger partial charge in [0.15, 0.2) is 5.52 Å². The van der Waals surface area contributed by atoms with E-state index in [2.05, 4.69) is 20.7 Å². The number of hydrogen-bond donors (Lipinski definition) is 4. The number of nitrogens with one attached hydrogen (secondary N) is 2. The Balaban J connectivity index is 1.13. The lowest BCUT2D eigenvalue weighted by Crippen LogP contribution is -2.49. The molecule has 1 atom stereocenters. The van der Waals surface area contributed by atoms with Gasteiger partial charge in [-0.1, -0.05) is 67.9 Å². The van der Waals surface area contributed by atoms with E-state index >= 15 is 0 Å². The predicted octanol–water partition coefficient (Wildman–Crippen LogP) is 2.60. The van der Waals surface area contributed by atoms with Crippen LogP contribution in [-0.4, -0.2) is 78.8 Å². The van der Waals surface area contributed by atoms with Crippen LogP contribution >= 0.6 is 0 Å². The molecular formula is C37H48N8O5. The topological polar surface area (TPSA) is 177 Å². The van der Waals surface area contributed by atoms with Crippen molar-refractivity contribution in [2.45, 2.75) is 76.5 Å². The molecule has 0 saturated carbocycles. The van der Waals surface area contributed by atoms with Crippen molar-refractivity contribution in [1.82, 2.24) is 34.9 Å². The minimum absolute atomic E-state index is 0.0686. The van der Waals surface area contributed by atoms with Gasteiger partial charge in [0, 0.05) is 51.6 Å². The Morgan fingerprint density at radius 2 is 1.72 bits per heavy atom. The molecule has 1 aliphatic rings. The third kappa shape index (κ3) is 9.42. The molecule has 1 unspecified atom stereocenters. The van der Waals surface area contributed by atoms with Crippen LogP contribution in [0, 0.1) is 0 Å². The molecule has 5 rings (SSSR count). The minimum atomic E-state index is -1.14. The zero-order chi connectivity index (χ0) is 35.7. The molecule has 5 N–H and O–H groups in total. The van der Waals surface area contributed by atoms with Gasteiger partial charge in [-0.3, -0.25) is 28.4 Å². The van der Waals surface area contributed by atoms with Crippen LogP contribution in [0.1, 0.15) is 68.9 Å². The first-order valence-electron chi connectivity index (χ1n) is 17.4. The van der Waals surface area contributed by atoms with Crippen molar-refractivity contribution >= 4 is 28.8 Å². The summed E-state index contributed by atoms with van der Waals surface area (Å²) in [4.78, 5) is 55.9. The number of primary amides is 1. The zero-order valence-corrected chi connectivity index (χ0v) is 28.9. The van der Waals surface area contributed by atoms with E-state index in [4.69, 9.17) is 5.73 Å². The molecule has 1 saturated heterocycles. The van der Waals surface area contributed by atoms with Crippen LogP contribution in [0.3, 0.4) is 0 Å². The molecule has 0 bridgehead atoms. The van der Waals surface area contributed by atoms with Crippen LogP contribution in [0.5, 0.6) is 0 Å². The fourth-order valence-electron chi connectivity index (χ4n) is 6.46. The van der Waals surface area contributed by atoms with Gasteiger partial charge >= 0.3 is 0 Å². The molecule has 0 radical (unpaired) electrons. The summed E-state index contributed by atoms with van der Waals surface area (Å²) in [6, 6.07) is 17.8. The van der Waals surface area contributed by atoms with E-state index in [-0.39, 0.29) is 47.8 Å². The van der Waals surface area contributed by atoms with Crippen LogP contribution in [0.2, 0.25) is 0 Å². The van der Waals surface area contributed by atoms with E-state index in [1.54, 1.807) is 11.7 Å². The average molecular weight is 685 g/mol. The lowest BCUT2D eigenvalue weighted by molar-refractivity contribution is -0.136. The van der Waals surface area contributed by atoms with Crippen LogP contribution < -0.4 is 21.9 Å². The highest BCUT2D eigenvalue weighted by Crippen LogP contribution is 2.28. The van der Waals surface area contributed by atoms with Crippen molar-refractivity contribution in [3.63, 3.8) is 0 Å². The second-order valence-corrected chi connectivity index (χ2v) is 13.4. The molecule has 3 heterocycles. The molecule has 50 heavy (non-hydrogen) atoms. The Morgan fingerprint density at radius 1 is 1.00 bits per heavy atom. The van der Waals surface area contributed by atoms with Gasteiger partial charge in [-0.05, 0) is 42.7 Å². The first kappa shape index (κ1) is 36.4. The molecule has 0 spiro atoms. The zero-order valence-electron chi connectivity index (χ0n) is 28.9. The highest BCUT2D eigenvalue weighted by atomic mass is 16.3. The minimum Gasteiger partial charge on any atom is -0.388 e. The summed E-state index contributed by atoms with van der Waals surface area (Å²) in [6.45, 7) is 4.21. The number of likely N-dealkylation sites (tertiary alicyclic amines) is 1. The maximum absolute atomic E-state index is 13.5. The Hall–Kier alpha value is -4.88. The fraction of sp³-hybridized carbons (Fsp3) is 0.459. The van der Waals surface area contributed by atoms with Crippen LogP contribution in [0.15, 0.2) is 65.7 Å². The van der Waals surface area contributed by atoms with Gasteiger partial charge in [-0.2, -0.15) is 5.10 Å². The summed E-state index contributed by atoms with van der Waals surface area (Å²) in [7, 11) is 1.77. The van der Waals surface area contributed by atoms with E-state index < -0.39 is 5.60 Å². The Morgan fingerprint density at radius 3 is 2.42 bits per heavy atom.